The highest BCUT2D eigenvalue weighted by molar-refractivity contribution is 6.05. The number of aromatic hydroxyl groups is 1. The molecule has 0 saturated carbocycles. The molecular weight excluding hydrogens is 328 g/mol. The first kappa shape index (κ1) is 16.2. The molecule has 1 aromatic heterocycles. The fourth-order valence-electron chi connectivity index (χ4n) is 3.33. The Kier molecular flexibility index (Phi) is 3.88. The fraction of sp³-hybridized carbons (Fsp3) is 0.136. The van der Waals surface area contributed by atoms with Crippen LogP contribution in [0.5, 0.6) is 11.5 Å². The Balaban J connectivity index is 1.94. The van der Waals surface area contributed by atoms with E-state index >= 15 is 0 Å². The molecule has 0 saturated heterocycles. The highest BCUT2D eigenvalue weighted by Gasteiger charge is 2.14. The fourth-order valence-corrected chi connectivity index (χ4v) is 3.33. The van der Waals surface area contributed by atoms with Crippen molar-refractivity contribution in [3.8, 4) is 11.5 Å². The molecule has 0 bridgehead atoms. The molecule has 4 heteroatoms. The van der Waals surface area contributed by atoms with Gasteiger partial charge >= 0.3 is 5.63 Å². The van der Waals surface area contributed by atoms with Crippen LogP contribution < -0.4 is 10.4 Å². The summed E-state index contributed by atoms with van der Waals surface area (Å²) in [5, 5.41) is 12.0. The SMILES string of the molecule is COc1cc2c(cc1O)oc(=O)c1cc([C@@H](C)c3ccccc3)ccc12. The Morgan fingerprint density at radius 2 is 1.69 bits per heavy atom. The third kappa shape index (κ3) is 2.60. The molecule has 1 N–H and O–H groups in total. The number of phenols is 1. The third-order valence-corrected chi connectivity index (χ3v) is 4.84. The molecule has 130 valence electrons. The standard InChI is InChI=1S/C22H18O4/c1-13(14-6-4-3-5-7-14)15-8-9-16-17-11-21(25-2)19(23)12-20(17)26-22(24)18(16)10-15/h3-13,23H,1-2H3/t13-/m0/s1. The van der Waals surface area contributed by atoms with Crippen molar-refractivity contribution < 1.29 is 14.3 Å². The van der Waals surface area contributed by atoms with E-state index < -0.39 is 5.63 Å². The number of hydrogen-bond acceptors (Lipinski definition) is 4. The summed E-state index contributed by atoms with van der Waals surface area (Å²) < 4.78 is 10.6. The molecule has 0 aliphatic carbocycles. The monoisotopic (exact) mass is 346 g/mol. The zero-order valence-electron chi connectivity index (χ0n) is 14.5. The van der Waals surface area contributed by atoms with E-state index in [4.69, 9.17) is 9.15 Å². The van der Waals surface area contributed by atoms with Gasteiger partial charge in [0.1, 0.15) is 5.58 Å². The van der Waals surface area contributed by atoms with E-state index in [1.165, 1.54) is 18.7 Å². The molecule has 4 rings (SSSR count). The summed E-state index contributed by atoms with van der Waals surface area (Å²) in [6, 6.07) is 19.1. The predicted molar refractivity (Wildman–Crippen MR) is 102 cm³/mol. The van der Waals surface area contributed by atoms with Gasteiger partial charge < -0.3 is 14.3 Å². The molecule has 3 aromatic carbocycles. The molecule has 1 heterocycles. The van der Waals surface area contributed by atoms with Crippen LogP contribution in [0.4, 0.5) is 0 Å². The van der Waals surface area contributed by atoms with Crippen LogP contribution >= 0.6 is 0 Å². The second kappa shape index (κ2) is 6.23. The van der Waals surface area contributed by atoms with Crippen LogP contribution in [0.25, 0.3) is 21.7 Å². The van der Waals surface area contributed by atoms with Crippen LogP contribution in [-0.2, 0) is 0 Å². The van der Waals surface area contributed by atoms with Gasteiger partial charge in [0, 0.05) is 22.8 Å². The van der Waals surface area contributed by atoms with Crippen LogP contribution in [0.3, 0.4) is 0 Å². The van der Waals surface area contributed by atoms with Crippen molar-refractivity contribution in [3.05, 3.63) is 82.2 Å². The summed E-state index contributed by atoms with van der Waals surface area (Å²) in [4.78, 5) is 12.5. The number of phenolic OH excluding ortho intramolecular Hbond substituents is 1. The highest BCUT2D eigenvalue weighted by atomic mass is 16.5. The Morgan fingerprint density at radius 3 is 2.42 bits per heavy atom. The molecule has 4 nitrogen and oxygen atoms in total. The first-order valence-electron chi connectivity index (χ1n) is 8.41. The number of hydrogen-bond donors (Lipinski definition) is 1. The molecule has 4 aromatic rings. The smallest absolute Gasteiger partial charge is 0.344 e. The van der Waals surface area contributed by atoms with E-state index in [1.54, 1.807) is 6.07 Å². The van der Waals surface area contributed by atoms with Crippen molar-refractivity contribution in [3.63, 3.8) is 0 Å². The summed E-state index contributed by atoms with van der Waals surface area (Å²) in [5.74, 6) is 0.441. The van der Waals surface area contributed by atoms with E-state index in [9.17, 15) is 9.90 Å². The van der Waals surface area contributed by atoms with Gasteiger partial charge in [-0.1, -0.05) is 49.4 Å². The lowest BCUT2D eigenvalue weighted by atomic mass is 9.91. The van der Waals surface area contributed by atoms with Crippen molar-refractivity contribution >= 4 is 21.7 Å². The first-order valence-corrected chi connectivity index (χ1v) is 8.41. The van der Waals surface area contributed by atoms with Gasteiger partial charge in [-0.3, -0.25) is 0 Å². The Labute approximate surface area is 150 Å². The maximum Gasteiger partial charge on any atom is 0.344 e. The molecule has 1 atom stereocenters. The molecule has 0 spiro atoms. The minimum Gasteiger partial charge on any atom is -0.504 e. The van der Waals surface area contributed by atoms with E-state index in [-0.39, 0.29) is 11.7 Å². The largest absolute Gasteiger partial charge is 0.504 e. The lowest BCUT2D eigenvalue weighted by Gasteiger charge is -2.14. The minimum atomic E-state index is -0.417. The summed E-state index contributed by atoms with van der Waals surface area (Å²) in [6.07, 6.45) is 0. The minimum absolute atomic E-state index is 0.0585. The van der Waals surface area contributed by atoms with Gasteiger partial charge in [-0.2, -0.15) is 0 Å². The Bertz CT molecular complexity index is 1160. The van der Waals surface area contributed by atoms with Crippen molar-refractivity contribution in [1.29, 1.82) is 0 Å². The zero-order chi connectivity index (χ0) is 18.3. The molecule has 0 aliphatic heterocycles. The molecule has 0 fully saturated rings. The van der Waals surface area contributed by atoms with E-state index in [1.807, 2.05) is 36.4 Å². The molecule has 26 heavy (non-hydrogen) atoms. The summed E-state index contributed by atoms with van der Waals surface area (Å²) in [5.41, 5.74) is 2.15. The van der Waals surface area contributed by atoms with Gasteiger partial charge in [-0.05, 0) is 23.3 Å². The van der Waals surface area contributed by atoms with Crippen LogP contribution in [0, 0.1) is 0 Å². The van der Waals surface area contributed by atoms with Gasteiger partial charge in [0.05, 0.1) is 12.5 Å². The van der Waals surface area contributed by atoms with Crippen molar-refractivity contribution in [2.75, 3.05) is 7.11 Å². The number of methoxy groups -OCH3 is 1. The normalized spacial score (nSPS) is 12.4. The van der Waals surface area contributed by atoms with Crippen LogP contribution in [0.2, 0.25) is 0 Å². The van der Waals surface area contributed by atoms with Gasteiger partial charge in [-0.25, -0.2) is 4.79 Å². The quantitative estimate of drug-likeness (QED) is 0.427. The van der Waals surface area contributed by atoms with E-state index in [0.29, 0.717) is 16.7 Å². The van der Waals surface area contributed by atoms with Crippen LogP contribution in [-0.4, -0.2) is 12.2 Å². The van der Waals surface area contributed by atoms with E-state index in [0.717, 1.165) is 16.3 Å². The molecule has 0 aliphatic rings. The molecule has 0 radical (unpaired) electrons. The lowest BCUT2D eigenvalue weighted by Crippen LogP contribution is -2.03. The number of ether oxygens (including phenoxy) is 1. The van der Waals surface area contributed by atoms with Gasteiger partial charge in [0.2, 0.25) is 0 Å². The average Bonchev–Trinajstić information content (AvgIpc) is 2.67. The number of benzene rings is 3. The van der Waals surface area contributed by atoms with Gasteiger partial charge in [0.15, 0.2) is 11.5 Å². The van der Waals surface area contributed by atoms with Crippen LogP contribution in [0.1, 0.15) is 24.0 Å². The van der Waals surface area contributed by atoms with Crippen molar-refractivity contribution in [2.45, 2.75) is 12.8 Å². The summed E-state index contributed by atoms with van der Waals surface area (Å²) in [7, 11) is 1.49. The Hall–Kier alpha value is -3.27. The average molecular weight is 346 g/mol. The lowest BCUT2D eigenvalue weighted by molar-refractivity contribution is 0.373. The second-order valence-electron chi connectivity index (χ2n) is 6.35. The van der Waals surface area contributed by atoms with Crippen LogP contribution in [0.15, 0.2) is 69.9 Å². The van der Waals surface area contributed by atoms with Crippen molar-refractivity contribution in [2.24, 2.45) is 0 Å². The summed E-state index contributed by atoms with van der Waals surface area (Å²) in [6.45, 7) is 2.11. The van der Waals surface area contributed by atoms with Gasteiger partial charge in [0.25, 0.3) is 0 Å². The topological polar surface area (TPSA) is 59.7 Å². The molecular formula is C22H18O4. The Morgan fingerprint density at radius 1 is 0.923 bits per heavy atom. The second-order valence-corrected chi connectivity index (χ2v) is 6.35. The molecule has 0 unspecified atom stereocenters. The zero-order valence-corrected chi connectivity index (χ0v) is 14.5. The van der Waals surface area contributed by atoms with Gasteiger partial charge in [-0.15, -0.1) is 0 Å². The third-order valence-electron chi connectivity index (χ3n) is 4.84. The number of rotatable bonds is 3. The van der Waals surface area contributed by atoms with Crippen molar-refractivity contribution in [1.82, 2.24) is 0 Å². The highest BCUT2D eigenvalue weighted by Crippen LogP contribution is 2.35. The summed E-state index contributed by atoms with van der Waals surface area (Å²) >= 11 is 0. The first-order chi connectivity index (χ1) is 12.6. The predicted octanol–water partition coefficient (Wildman–Crippen LogP) is 4.81. The maximum atomic E-state index is 12.5. The molecule has 0 amide bonds. The van der Waals surface area contributed by atoms with E-state index in [2.05, 4.69) is 19.1 Å². The number of fused-ring (bicyclic) bond motifs is 3. The maximum absolute atomic E-state index is 12.5.